The zero-order valence-corrected chi connectivity index (χ0v) is 18.6. The maximum atomic E-state index is 15.8. The average Bonchev–Trinajstić information content (AvgIpc) is 3.25. The first-order chi connectivity index (χ1) is 15.3. The summed E-state index contributed by atoms with van der Waals surface area (Å²) in [5, 5.41) is 12.4. The van der Waals surface area contributed by atoms with Crippen LogP contribution in [0.3, 0.4) is 0 Å². The van der Waals surface area contributed by atoms with Crippen LogP contribution in [0.5, 0.6) is 0 Å². The van der Waals surface area contributed by atoms with Crippen LogP contribution in [-0.4, -0.2) is 39.1 Å². The van der Waals surface area contributed by atoms with Gasteiger partial charge in [-0.25, -0.2) is 14.2 Å². The van der Waals surface area contributed by atoms with Crippen molar-refractivity contribution < 1.29 is 18.7 Å². The van der Waals surface area contributed by atoms with Gasteiger partial charge in [-0.2, -0.15) is 0 Å². The molecule has 168 valence electrons. The summed E-state index contributed by atoms with van der Waals surface area (Å²) in [6.07, 6.45) is 2.85. The number of nitrogens with one attached hydrogen (secondary N) is 1. The van der Waals surface area contributed by atoms with Crippen LogP contribution < -0.4 is 5.32 Å². The van der Waals surface area contributed by atoms with Gasteiger partial charge < -0.3 is 19.7 Å². The van der Waals surface area contributed by atoms with Crippen molar-refractivity contribution in [3.05, 3.63) is 64.4 Å². The smallest absolute Gasteiger partial charge is 0.321 e. The van der Waals surface area contributed by atoms with Gasteiger partial charge in [0.15, 0.2) is 17.8 Å². The fourth-order valence-corrected chi connectivity index (χ4v) is 4.17. The second kappa shape index (κ2) is 8.88. The summed E-state index contributed by atoms with van der Waals surface area (Å²) >= 11 is 6.38. The lowest BCUT2D eigenvalue weighted by Gasteiger charge is -2.36. The monoisotopic (exact) mass is 458 g/mol. The van der Waals surface area contributed by atoms with E-state index in [-0.39, 0.29) is 49.3 Å². The maximum absolute atomic E-state index is 15.8. The zero-order chi connectivity index (χ0) is 22.9. The number of aliphatic hydroxyl groups is 1. The van der Waals surface area contributed by atoms with Crippen LogP contribution in [0.15, 0.2) is 41.3 Å². The standard InChI is InChI=1S/C23H24ClFN4O3/c1-14-3-4-17(9-15(14)2)28-22(31)29-7-5-23(25,6-8-29)21-18(24)10-16(11-26-21)20-19(12-30)27-13-32-20/h3-4,9-11,13,30H,5-8,12H2,1-2H3,(H,28,31). The number of aromatic nitrogens is 2. The minimum Gasteiger partial charge on any atom is -0.443 e. The van der Waals surface area contributed by atoms with Crippen LogP contribution in [-0.2, 0) is 12.3 Å². The van der Waals surface area contributed by atoms with E-state index in [2.05, 4.69) is 15.3 Å². The lowest BCUT2D eigenvalue weighted by atomic mass is 9.89. The second-order valence-electron chi connectivity index (χ2n) is 8.02. The number of carbonyl (C=O) groups is 1. The highest BCUT2D eigenvalue weighted by Crippen LogP contribution is 2.40. The Balaban J connectivity index is 1.44. The van der Waals surface area contributed by atoms with Gasteiger partial charge in [0, 0.05) is 43.4 Å². The fourth-order valence-electron chi connectivity index (χ4n) is 3.83. The van der Waals surface area contributed by atoms with E-state index in [0.29, 0.717) is 22.7 Å². The van der Waals surface area contributed by atoms with E-state index in [1.165, 1.54) is 12.6 Å². The van der Waals surface area contributed by atoms with E-state index in [4.69, 9.17) is 16.0 Å². The molecule has 7 nitrogen and oxygen atoms in total. The van der Waals surface area contributed by atoms with Crippen molar-refractivity contribution in [3.63, 3.8) is 0 Å². The van der Waals surface area contributed by atoms with Gasteiger partial charge in [0.25, 0.3) is 0 Å². The third-order valence-electron chi connectivity index (χ3n) is 5.92. The number of hydrogen-bond acceptors (Lipinski definition) is 5. The van der Waals surface area contributed by atoms with Crippen molar-refractivity contribution in [1.29, 1.82) is 0 Å². The number of halogens is 2. The molecule has 0 radical (unpaired) electrons. The Kier molecular flexibility index (Phi) is 6.17. The first kappa shape index (κ1) is 22.2. The third-order valence-corrected chi connectivity index (χ3v) is 6.21. The zero-order valence-electron chi connectivity index (χ0n) is 17.9. The number of nitrogens with zero attached hydrogens (tertiary/aromatic N) is 3. The minimum atomic E-state index is -1.74. The Morgan fingerprint density at radius 3 is 2.66 bits per heavy atom. The number of anilines is 1. The van der Waals surface area contributed by atoms with Crippen molar-refractivity contribution in [2.45, 2.75) is 39.0 Å². The number of aliphatic hydroxyl groups excluding tert-OH is 1. The number of piperidine rings is 1. The summed E-state index contributed by atoms with van der Waals surface area (Å²) in [7, 11) is 0. The summed E-state index contributed by atoms with van der Waals surface area (Å²) in [6, 6.07) is 7.02. The highest BCUT2D eigenvalue weighted by Gasteiger charge is 2.40. The molecule has 1 saturated heterocycles. The first-order valence-electron chi connectivity index (χ1n) is 10.3. The van der Waals surface area contributed by atoms with Crippen molar-refractivity contribution >= 4 is 23.3 Å². The van der Waals surface area contributed by atoms with E-state index in [0.717, 1.165) is 11.1 Å². The van der Waals surface area contributed by atoms with Gasteiger partial charge in [0.1, 0.15) is 5.69 Å². The molecule has 1 aromatic carbocycles. The molecule has 2 N–H and O–H groups in total. The third kappa shape index (κ3) is 4.33. The Bertz CT molecular complexity index is 1140. The average molecular weight is 459 g/mol. The number of likely N-dealkylation sites (tertiary alicyclic amines) is 1. The minimum absolute atomic E-state index is 0.0869. The molecule has 0 unspecified atom stereocenters. The number of benzene rings is 1. The molecular weight excluding hydrogens is 435 g/mol. The second-order valence-corrected chi connectivity index (χ2v) is 8.43. The number of rotatable bonds is 4. The van der Waals surface area contributed by atoms with Gasteiger partial charge in [-0.1, -0.05) is 17.7 Å². The quantitative estimate of drug-likeness (QED) is 0.574. The van der Waals surface area contributed by atoms with Gasteiger partial charge in [0.2, 0.25) is 0 Å². The molecule has 3 aromatic rings. The number of pyridine rings is 1. The van der Waals surface area contributed by atoms with Crippen molar-refractivity contribution in [1.82, 2.24) is 14.9 Å². The number of aryl methyl sites for hydroxylation is 2. The summed E-state index contributed by atoms with van der Waals surface area (Å²) in [5.74, 6) is 0.346. The van der Waals surface area contributed by atoms with Crippen LogP contribution in [0.2, 0.25) is 5.02 Å². The van der Waals surface area contributed by atoms with E-state index < -0.39 is 5.67 Å². The summed E-state index contributed by atoms with van der Waals surface area (Å²) in [4.78, 5) is 22.4. The molecule has 3 heterocycles. The predicted molar refractivity (Wildman–Crippen MR) is 119 cm³/mol. The van der Waals surface area contributed by atoms with E-state index in [1.807, 2.05) is 32.0 Å². The molecule has 2 amide bonds. The molecule has 1 fully saturated rings. The number of alkyl halides is 1. The first-order valence-corrected chi connectivity index (χ1v) is 10.7. The van der Waals surface area contributed by atoms with Crippen LogP contribution in [0.1, 0.15) is 35.4 Å². The van der Waals surface area contributed by atoms with E-state index in [1.54, 1.807) is 11.0 Å². The molecule has 0 saturated carbocycles. The fraction of sp³-hybridized carbons (Fsp3) is 0.348. The van der Waals surface area contributed by atoms with E-state index >= 15 is 4.39 Å². The summed E-state index contributed by atoms with van der Waals surface area (Å²) in [6.45, 7) is 4.18. The molecule has 32 heavy (non-hydrogen) atoms. The molecule has 4 rings (SSSR count). The SMILES string of the molecule is Cc1ccc(NC(=O)N2CCC(F)(c3ncc(-c4ocnc4CO)cc3Cl)CC2)cc1C. The van der Waals surface area contributed by atoms with E-state index in [9.17, 15) is 9.90 Å². The molecule has 9 heteroatoms. The Morgan fingerprint density at radius 2 is 2.00 bits per heavy atom. The Morgan fingerprint density at radius 1 is 1.25 bits per heavy atom. The molecule has 1 aliphatic heterocycles. The topological polar surface area (TPSA) is 91.5 Å². The summed E-state index contributed by atoms with van der Waals surface area (Å²) in [5.41, 5.74) is 2.21. The van der Waals surface area contributed by atoms with Crippen LogP contribution in [0.4, 0.5) is 14.9 Å². The molecule has 1 aliphatic rings. The predicted octanol–water partition coefficient (Wildman–Crippen LogP) is 4.99. The lowest BCUT2D eigenvalue weighted by Crippen LogP contribution is -2.45. The largest absolute Gasteiger partial charge is 0.443 e. The highest BCUT2D eigenvalue weighted by atomic mass is 35.5. The van der Waals surface area contributed by atoms with Crippen molar-refractivity contribution in [3.8, 4) is 11.3 Å². The number of carbonyl (C=O) groups excluding carboxylic acids is 1. The van der Waals surface area contributed by atoms with Crippen LogP contribution in [0.25, 0.3) is 11.3 Å². The molecule has 0 atom stereocenters. The van der Waals surface area contributed by atoms with Gasteiger partial charge in [0.05, 0.1) is 17.3 Å². The molecule has 0 bridgehead atoms. The number of hydrogen-bond donors (Lipinski definition) is 2. The molecule has 0 spiro atoms. The Hall–Kier alpha value is -2.97. The van der Waals surface area contributed by atoms with Crippen LogP contribution >= 0.6 is 11.6 Å². The van der Waals surface area contributed by atoms with Gasteiger partial charge >= 0.3 is 6.03 Å². The molecule has 0 aliphatic carbocycles. The maximum Gasteiger partial charge on any atom is 0.321 e. The lowest BCUT2D eigenvalue weighted by molar-refractivity contribution is 0.0684. The van der Waals surface area contributed by atoms with Gasteiger partial charge in [-0.3, -0.25) is 4.98 Å². The highest BCUT2D eigenvalue weighted by molar-refractivity contribution is 6.31. The number of urea groups is 1. The van der Waals surface area contributed by atoms with Crippen molar-refractivity contribution in [2.75, 3.05) is 18.4 Å². The number of amides is 2. The normalized spacial score (nSPS) is 15.6. The van der Waals surface area contributed by atoms with Gasteiger partial charge in [-0.05, 0) is 43.2 Å². The molecular formula is C23H24ClFN4O3. The summed E-state index contributed by atoms with van der Waals surface area (Å²) < 4.78 is 21.1. The van der Waals surface area contributed by atoms with Crippen molar-refractivity contribution in [2.24, 2.45) is 0 Å². The molecule has 2 aromatic heterocycles. The Labute approximate surface area is 190 Å². The number of oxazole rings is 1. The van der Waals surface area contributed by atoms with Gasteiger partial charge in [-0.15, -0.1) is 0 Å². The van der Waals surface area contributed by atoms with Crippen LogP contribution in [0, 0.1) is 13.8 Å².